The Morgan fingerprint density at radius 2 is 1.90 bits per heavy atom. The van der Waals surface area contributed by atoms with Gasteiger partial charge in [-0.15, -0.1) is 0 Å². The molecule has 1 heterocycles. The Morgan fingerprint density at radius 1 is 1.24 bits per heavy atom. The van der Waals surface area contributed by atoms with Crippen molar-refractivity contribution in [2.24, 2.45) is 4.99 Å². The van der Waals surface area contributed by atoms with Crippen LogP contribution < -0.4 is 11.1 Å². The number of aliphatic imine (C=N–C) groups is 1. The second kappa shape index (κ2) is 7.23. The molecule has 0 bridgehead atoms. The number of nitrogens with one attached hydrogen (secondary N) is 1. The predicted molar refractivity (Wildman–Crippen MR) is 92.4 cm³/mol. The summed E-state index contributed by atoms with van der Waals surface area (Å²) in [6.07, 6.45) is 3.97. The zero-order valence-corrected chi connectivity index (χ0v) is 13.2. The standard InChI is InChI=1S/C18H25N3/c1-4-10-21-18(15-11-20-12-15)17(13(3)5-2)14-6-8-16(19)9-7-14/h6-10,20H,4-5,11-12,19H2,1-3H3. The first kappa shape index (κ1) is 15.5. The molecule has 0 atom stereocenters. The number of nitrogens with two attached hydrogens (primary N) is 1. The largest absolute Gasteiger partial charge is 0.399 e. The summed E-state index contributed by atoms with van der Waals surface area (Å²) in [5, 5.41) is 3.32. The number of nitrogens with zero attached hydrogens (tertiary/aromatic N) is 1. The van der Waals surface area contributed by atoms with E-state index in [2.05, 4.69) is 38.2 Å². The highest BCUT2D eigenvalue weighted by molar-refractivity contribution is 5.84. The van der Waals surface area contributed by atoms with Crippen molar-refractivity contribution in [3.63, 3.8) is 0 Å². The summed E-state index contributed by atoms with van der Waals surface area (Å²) in [4.78, 5) is 4.76. The van der Waals surface area contributed by atoms with Crippen molar-refractivity contribution in [1.82, 2.24) is 5.32 Å². The molecule has 3 N–H and O–H groups in total. The quantitative estimate of drug-likeness (QED) is 0.638. The van der Waals surface area contributed by atoms with Gasteiger partial charge in [-0.3, -0.25) is 4.99 Å². The highest BCUT2D eigenvalue weighted by Crippen LogP contribution is 2.32. The van der Waals surface area contributed by atoms with Gasteiger partial charge in [-0.05, 0) is 43.0 Å². The van der Waals surface area contributed by atoms with Crippen LogP contribution in [0.3, 0.4) is 0 Å². The van der Waals surface area contributed by atoms with Crippen LogP contribution in [0.15, 0.2) is 46.1 Å². The van der Waals surface area contributed by atoms with Gasteiger partial charge in [0.25, 0.3) is 0 Å². The molecule has 3 nitrogen and oxygen atoms in total. The van der Waals surface area contributed by atoms with Gasteiger partial charge in [0.1, 0.15) is 0 Å². The fourth-order valence-corrected chi connectivity index (χ4v) is 2.34. The SMILES string of the molecule is CCC=NC(=C1CNC1)C(=C(C)CC)c1ccc(N)cc1. The zero-order valence-electron chi connectivity index (χ0n) is 13.2. The molecule has 0 spiro atoms. The predicted octanol–water partition coefficient (Wildman–Crippen LogP) is 3.79. The van der Waals surface area contributed by atoms with Crippen LogP contribution in [0.4, 0.5) is 5.69 Å². The van der Waals surface area contributed by atoms with Crippen LogP contribution in [0, 0.1) is 0 Å². The van der Waals surface area contributed by atoms with Gasteiger partial charge >= 0.3 is 0 Å². The van der Waals surface area contributed by atoms with Gasteiger partial charge in [0.2, 0.25) is 0 Å². The second-order valence-electron chi connectivity index (χ2n) is 5.41. The third-order valence-electron chi connectivity index (χ3n) is 3.81. The van der Waals surface area contributed by atoms with Crippen LogP contribution in [0.5, 0.6) is 0 Å². The first-order chi connectivity index (χ1) is 10.2. The molecule has 1 aliphatic heterocycles. The van der Waals surface area contributed by atoms with E-state index in [0.29, 0.717) is 0 Å². The van der Waals surface area contributed by atoms with Crippen molar-refractivity contribution in [3.8, 4) is 0 Å². The van der Waals surface area contributed by atoms with E-state index in [9.17, 15) is 0 Å². The highest BCUT2D eigenvalue weighted by Gasteiger charge is 2.19. The molecule has 1 aromatic carbocycles. The fraction of sp³-hybridized carbons (Fsp3) is 0.389. The van der Waals surface area contributed by atoms with Crippen molar-refractivity contribution in [1.29, 1.82) is 0 Å². The normalized spacial score (nSPS) is 15.9. The first-order valence-corrected chi connectivity index (χ1v) is 7.68. The summed E-state index contributed by atoms with van der Waals surface area (Å²) in [7, 11) is 0. The summed E-state index contributed by atoms with van der Waals surface area (Å²) in [6.45, 7) is 8.37. The molecular formula is C18H25N3. The molecule has 0 amide bonds. The maximum Gasteiger partial charge on any atom is 0.0721 e. The van der Waals surface area contributed by atoms with E-state index in [4.69, 9.17) is 10.7 Å². The zero-order chi connectivity index (χ0) is 15.2. The number of hydrogen-bond donors (Lipinski definition) is 2. The van der Waals surface area contributed by atoms with E-state index >= 15 is 0 Å². The maximum atomic E-state index is 5.82. The molecule has 0 radical (unpaired) electrons. The Bertz CT molecular complexity index is 571. The monoisotopic (exact) mass is 283 g/mol. The van der Waals surface area contributed by atoms with E-state index in [1.807, 2.05) is 18.3 Å². The van der Waals surface area contributed by atoms with Gasteiger partial charge in [0.15, 0.2) is 0 Å². The number of nitrogen functional groups attached to an aromatic ring is 1. The van der Waals surface area contributed by atoms with E-state index in [-0.39, 0.29) is 0 Å². The molecule has 0 unspecified atom stereocenters. The van der Waals surface area contributed by atoms with Gasteiger partial charge in [-0.1, -0.05) is 31.6 Å². The Kier molecular flexibility index (Phi) is 5.34. The number of benzene rings is 1. The third-order valence-corrected chi connectivity index (χ3v) is 3.81. The molecule has 1 aliphatic rings. The van der Waals surface area contributed by atoms with Crippen LogP contribution in [-0.4, -0.2) is 19.3 Å². The first-order valence-electron chi connectivity index (χ1n) is 7.68. The Morgan fingerprint density at radius 3 is 2.38 bits per heavy atom. The van der Waals surface area contributed by atoms with Crippen molar-refractivity contribution in [3.05, 3.63) is 46.7 Å². The van der Waals surface area contributed by atoms with Crippen LogP contribution in [-0.2, 0) is 0 Å². The van der Waals surface area contributed by atoms with Gasteiger partial charge < -0.3 is 11.1 Å². The summed E-state index contributed by atoms with van der Waals surface area (Å²) in [6, 6.07) is 8.11. The van der Waals surface area contributed by atoms with Crippen LogP contribution in [0.1, 0.15) is 39.2 Å². The summed E-state index contributed by atoms with van der Waals surface area (Å²) in [5.41, 5.74) is 13.0. The maximum absolute atomic E-state index is 5.82. The smallest absolute Gasteiger partial charge is 0.0721 e. The third kappa shape index (κ3) is 3.61. The van der Waals surface area contributed by atoms with E-state index in [1.54, 1.807) is 0 Å². The molecule has 0 saturated carbocycles. The second-order valence-corrected chi connectivity index (χ2v) is 5.41. The van der Waals surface area contributed by atoms with E-state index in [0.717, 1.165) is 37.3 Å². The van der Waals surface area contributed by atoms with Gasteiger partial charge in [0, 0.05) is 30.6 Å². The summed E-state index contributed by atoms with van der Waals surface area (Å²) < 4.78 is 0. The van der Waals surface area contributed by atoms with Crippen molar-refractivity contribution >= 4 is 17.5 Å². The van der Waals surface area contributed by atoms with Gasteiger partial charge in [0.05, 0.1) is 5.70 Å². The lowest BCUT2D eigenvalue weighted by molar-refractivity contribution is 0.660. The topological polar surface area (TPSA) is 50.4 Å². The molecule has 112 valence electrons. The minimum Gasteiger partial charge on any atom is -0.399 e. The van der Waals surface area contributed by atoms with Gasteiger partial charge in [-0.2, -0.15) is 0 Å². The molecule has 1 aromatic rings. The van der Waals surface area contributed by atoms with Crippen molar-refractivity contribution < 1.29 is 0 Å². The molecule has 1 saturated heterocycles. The lowest BCUT2D eigenvalue weighted by Crippen LogP contribution is -2.35. The number of anilines is 1. The molecular weight excluding hydrogens is 258 g/mol. The average Bonchev–Trinajstić information content (AvgIpc) is 2.44. The van der Waals surface area contributed by atoms with Crippen LogP contribution >= 0.6 is 0 Å². The minimum atomic E-state index is 0.795. The highest BCUT2D eigenvalue weighted by atomic mass is 14.9. The lowest BCUT2D eigenvalue weighted by Gasteiger charge is -2.24. The molecule has 3 heteroatoms. The number of allylic oxidation sites excluding steroid dienone is 2. The van der Waals surface area contributed by atoms with Crippen LogP contribution in [0.25, 0.3) is 5.57 Å². The number of hydrogen-bond acceptors (Lipinski definition) is 3. The fourth-order valence-electron chi connectivity index (χ4n) is 2.34. The summed E-state index contributed by atoms with van der Waals surface area (Å²) >= 11 is 0. The molecule has 0 aromatic heterocycles. The Balaban J connectivity index is 2.54. The molecule has 1 fully saturated rings. The van der Waals surface area contributed by atoms with E-state index in [1.165, 1.54) is 22.3 Å². The summed E-state index contributed by atoms with van der Waals surface area (Å²) in [5.74, 6) is 0. The van der Waals surface area contributed by atoms with Crippen LogP contribution in [0.2, 0.25) is 0 Å². The van der Waals surface area contributed by atoms with E-state index < -0.39 is 0 Å². The average molecular weight is 283 g/mol. The lowest BCUT2D eigenvalue weighted by atomic mass is 9.92. The molecule has 21 heavy (non-hydrogen) atoms. The van der Waals surface area contributed by atoms with Crippen molar-refractivity contribution in [2.45, 2.75) is 33.6 Å². The molecule has 0 aliphatic carbocycles. The van der Waals surface area contributed by atoms with Crippen molar-refractivity contribution in [2.75, 3.05) is 18.8 Å². The molecule has 2 rings (SSSR count). The minimum absolute atomic E-state index is 0.795. The Labute approximate surface area is 127 Å². The number of rotatable bonds is 5. The Hall–Kier alpha value is -1.87. The van der Waals surface area contributed by atoms with Gasteiger partial charge in [-0.25, -0.2) is 0 Å².